The van der Waals surface area contributed by atoms with Crippen molar-refractivity contribution in [3.05, 3.63) is 54.1 Å². The van der Waals surface area contributed by atoms with Gasteiger partial charge in [0.1, 0.15) is 0 Å². The Balaban J connectivity index is 2.52. The number of hydrogen-bond acceptors (Lipinski definition) is 4. The van der Waals surface area contributed by atoms with Crippen molar-refractivity contribution in [3.63, 3.8) is 0 Å². The average Bonchev–Trinajstić information content (AvgIpc) is 2.50. The molecule has 0 spiro atoms. The minimum absolute atomic E-state index is 0.314. The molecule has 0 heterocycles. The van der Waals surface area contributed by atoms with Gasteiger partial charge in [0.15, 0.2) is 0 Å². The lowest BCUT2D eigenvalue weighted by Crippen LogP contribution is -1.94. The van der Waals surface area contributed by atoms with Crippen molar-refractivity contribution in [1.29, 1.82) is 0 Å². The molecule has 0 aliphatic carbocycles. The summed E-state index contributed by atoms with van der Waals surface area (Å²) in [6.45, 7) is 0.314. The molecule has 0 saturated carbocycles. The van der Waals surface area contributed by atoms with Gasteiger partial charge in [-0.2, -0.15) is 4.99 Å². The van der Waals surface area contributed by atoms with Crippen LogP contribution in [0.1, 0.15) is 5.56 Å². The molecule has 0 atom stereocenters. The SMILES string of the molecule is O=C=NCCc1c(N=C=O)cccc1-c1ccccc1. The molecule has 0 amide bonds. The molecule has 0 N–H and O–H groups in total. The van der Waals surface area contributed by atoms with Crippen LogP contribution in [-0.2, 0) is 16.0 Å². The highest BCUT2D eigenvalue weighted by molar-refractivity contribution is 5.73. The molecule has 0 unspecified atom stereocenters. The van der Waals surface area contributed by atoms with Gasteiger partial charge < -0.3 is 0 Å². The number of rotatable bonds is 5. The van der Waals surface area contributed by atoms with Gasteiger partial charge in [-0.15, -0.1) is 0 Å². The molecule has 4 heteroatoms. The fourth-order valence-corrected chi connectivity index (χ4v) is 2.09. The summed E-state index contributed by atoms with van der Waals surface area (Å²) in [6.07, 6.45) is 3.59. The first-order valence-corrected chi connectivity index (χ1v) is 6.15. The lowest BCUT2D eigenvalue weighted by atomic mass is 9.96. The van der Waals surface area contributed by atoms with Gasteiger partial charge in [-0.25, -0.2) is 14.6 Å². The summed E-state index contributed by atoms with van der Waals surface area (Å²) >= 11 is 0. The summed E-state index contributed by atoms with van der Waals surface area (Å²) in [5, 5.41) is 0. The Hall–Kier alpha value is -2.80. The molecular weight excluding hydrogens is 252 g/mol. The van der Waals surface area contributed by atoms with Crippen molar-refractivity contribution in [3.8, 4) is 11.1 Å². The van der Waals surface area contributed by atoms with E-state index in [9.17, 15) is 9.59 Å². The third-order valence-corrected chi connectivity index (χ3v) is 2.94. The van der Waals surface area contributed by atoms with Gasteiger partial charge >= 0.3 is 0 Å². The minimum Gasteiger partial charge on any atom is -0.211 e. The minimum atomic E-state index is 0.314. The molecule has 98 valence electrons. The van der Waals surface area contributed by atoms with Crippen LogP contribution in [0.5, 0.6) is 0 Å². The van der Waals surface area contributed by atoms with Crippen molar-refractivity contribution < 1.29 is 9.59 Å². The average molecular weight is 264 g/mol. The molecule has 2 aromatic carbocycles. The Morgan fingerprint density at radius 1 is 0.900 bits per heavy atom. The van der Waals surface area contributed by atoms with Crippen molar-refractivity contribution in [1.82, 2.24) is 0 Å². The van der Waals surface area contributed by atoms with Crippen molar-refractivity contribution in [2.24, 2.45) is 9.98 Å². The summed E-state index contributed by atoms with van der Waals surface area (Å²) in [5.41, 5.74) is 3.44. The second kappa shape index (κ2) is 6.95. The molecule has 2 aromatic rings. The van der Waals surface area contributed by atoms with Crippen molar-refractivity contribution in [2.45, 2.75) is 6.42 Å². The van der Waals surface area contributed by atoms with E-state index in [4.69, 9.17) is 0 Å². The molecule has 0 aliphatic rings. The molecule has 0 bridgehead atoms. The molecule has 0 fully saturated rings. The zero-order valence-corrected chi connectivity index (χ0v) is 10.7. The van der Waals surface area contributed by atoms with Crippen LogP contribution in [0.2, 0.25) is 0 Å². The van der Waals surface area contributed by atoms with Gasteiger partial charge in [0, 0.05) is 0 Å². The van der Waals surface area contributed by atoms with Crippen LogP contribution in [0.25, 0.3) is 11.1 Å². The lowest BCUT2D eigenvalue weighted by Gasteiger charge is -2.10. The molecule has 20 heavy (non-hydrogen) atoms. The quantitative estimate of drug-likeness (QED) is 0.615. The van der Waals surface area contributed by atoms with Gasteiger partial charge in [-0.1, -0.05) is 42.5 Å². The number of isocyanates is 2. The number of carbonyl (C=O) groups excluding carboxylic acids is 2. The predicted octanol–water partition coefficient (Wildman–Crippen LogP) is 3.20. The number of aliphatic imine (C=N–C) groups is 2. The van der Waals surface area contributed by atoms with Gasteiger partial charge in [0.05, 0.1) is 12.2 Å². The predicted molar refractivity (Wildman–Crippen MR) is 76.4 cm³/mol. The normalized spacial score (nSPS) is 9.40. The Bertz CT molecular complexity index is 683. The van der Waals surface area contributed by atoms with Gasteiger partial charge in [-0.3, -0.25) is 0 Å². The summed E-state index contributed by atoms with van der Waals surface area (Å²) < 4.78 is 0. The standard InChI is InChI=1S/C16H12N2O2/c19-11-17-10-9-15-14(13-5-2-1-3-6-13)7-4-8-16(15)18-12-20/h1-8H,9-10H2. The van der Waals surface area contributed by atoms with E-state index in [0.717, 1.165) is 16.7 Å². The number of benzene rings is 2. The monoisotopic (exact) mass is 264 g/mol. The smallest absolute Gasteiger partial charge is 0.211 e. The topological polar surface area (TPSA) is 58.9 Å². The summed E-state index contributed by atoms with van der Waals surface area (Å²) in [5.74, 6) is 0. The van der Waals surface area contributed by atoms with Gasteiger partial charge in [-0.05, 0) is 29.2 Å². The largest absolute Gasteiger partial charge is 0.240 e. The van der Waals surface area contributed by atoms with E-state index in [1.807, 2.05) is 42.5 Å². The molecule has 2 rings (SSSR count). The Kier molecular flexibility index (Phi) is 4.74. The fraction of sp³-hybridized carbons (Fsp3) is 0.125. The third-order valence-electron chi connectivity index (χ3n) is 2.94. The van der Waals surface area contributed by atoms with Crippen molar-refractivity contribution >= 4 is 17.8 Å². The van der Waals surface area contributed by atoms with Crippen LogP contribution >= 0.6 is 0 Å². The molecule has 0 radical (unpaired) electrons. The highest BCUT2D eigenvalue weighted by atomic mass is 16.1. The highest BCUT2D eigenvalue weighted by Crippen LogP contribution is 2.31. The van der Waals surface area contributed by atoms with Crippen LogP contribution in [-0.4, -0.2) is 18.7 Å². The zero-order chi connectivity index (χ0) is 14.2. The lowest BCUT2D eigenvalue weighted by molar-refractivity contribution is 0.562. The Morgan fingerprint density at radius 2 is 1.70 bits per heavy atom. The maximum absolute atomic E-state index is 10.5. The summed E-state index contributed by atoms with van der Waals surface area (Å²) in [6, 6.07) is 15.3. The van der Waals surface area contributed by atoms with Crippen LogP contribution in [0.4, 0.5) is 5.69 Å². The molecule has 0 saturated heterocycles. The Morgan fingerprint density at radius 3 is 2.40 bits per heavy atom. The van der Waals surface area contributed by atoms with Crippen molar-refractivity contribution in [2.75, 3.05) is 6.54 Å². The second-order valence-electron chi connectivity index (χ2n) is 4.10. The second-order valence-corrected chi connectivity index (χ2v) is 4.10. The van der Waals surface area contributed by atoms with Crippen LogP contribution < -0.4 is 0 Å². The first-order valence-electron chi connectivity index (χ1n) is 6.15. The highest BCUT2D eigenvalue weighted by Gasteiger charge is 2.09. The van der Waals surface area contributed by atoms with E-state index in [-0.39, 0.29) is 0 Å². The van der Waals surface area contributed by atoms with Gasteiger partial charge in [0.2, 0.25) is 12.2 Å². The van der Waals surface area contributed by atoms with E-state index in [1.54, 1.807) is 12.1 Å². The fourth-order valence-electron chi connectivity index (χ4n) is 2.09. The van der Waals surface area contributed by atoms with E-state index in [0.29, 0.717) is 18.7 Å². The van der Waals surface area contributed by atoms with Crippen LogP contribution in [0.3, 0.4) is 0 Å². The molecular formula is C16H12N2O2. The molecule has 0 aromatic heterocycles. The maximum Gasteiger partial charge on any atom is 0.240 e. The van der Waals surface area contributed by atoms with Crippen LogP contribution in [0, 0.1) is 0 Å². The first kappa shape index (κ1) is 13.6. The maximum atomic E-state index is 10.5. The molecule has 0 aliphatic heterocycles. The zero-order valence-electron chi connectivity index (χ0n) is 10.7. The number of hydrogen-bond donors (Lipinski definition) is 0. The Labute approximate surface area is 116 Å². The number of nitrogens with zero attached hydrogens (tertiary/aromatic N) is 2. The third kappa shape index (κ3) is 3.15. The van der Waals surface area contributed by atoms with Crippen LogP contribution in [0.15, 0.2) is 58.5 Å². The van der Waals surface area contributed by atoms with E-state index >= 15 is 0 Å². The first-order chi connectivity index (χ1) is 9.86. The molecule has 4 nitrogen and oxygen atoms in total. The van der Waals surface area contributed by atoms with E-state index < -0.39 is 0 Å². The van der Waals surface area contributed by atoms with E-state index in [2.05, 4.69) is 9.98 Å². The summed E-state index contributed by atoms with van der Waals surface area (Å²) in [4.78, 5) is 28.0. The van der Waals surface area contributed by atoms with E-state index in [1.165, 1.54) is 6.08 Å². The summed E-state index contributed by atoms with van der Waals surface area (Å²) in [7, 11) is 0. The van der Waals surface area contributed by atoms with Gasteiger partial charge in [0.25, 0.3) is 0 Å².